The van der Waals surface area contributed by atoms with E-state index in [1.165, 1.54) is 6.42 Å². The minimum atomic E-state index is -2.15. The lowest BCUT2D eigenvalue weighted by molar-refractivity contribution is -0.152. The fourth-order valence-electron chi connectivity index (χ4n) is 2.26. The molecule has 0 aliphatic heterocycles. The van der Waals surface area contributed by atoms with Crippen molar-refractivity contribution >= 4 is 14.1 Å². The minimum absolute atomic E-state index is 0.00317. The quantitative estimate of drug-likeness (QED) is 0.642. The second kappa shape index (κ2) is 8.11. The Kier molecular flexibility index (Phi) is 6.15. The summed E-state index contributed by atoms with van der Waals surface area (Å²) in [5.74, 6) is 0.126. The topological polar surface area (TPSA) is 64.6 Å². The number of ether oxygens (including phenoxy) is 1. The average Bonchev–Trinajstić information content (AvgIpc) is 2.49. The van der Waals surface area contributed by atoms with Crippen LogP contribution in [-0.2, 0) is 14.1 Å². The highest BCUT2D eigenvalue weighted by molar-refractivity contribution is 7.37. The number of carbonyl (C=O) groups is 1. The van der Waals surface area contributed by atoms with E-state index in [4.69, 9.17) is 9.26 Å². The molecule has 0 saturated heterocycles. The van der Waals surface area contributed by atoms with Crippen molar-refractivity contribution in [1.29, 1.82) is 0 Å². The molecule has 2 unspecified atom stereocenters. The van der Waals surface area contributed by atoms with Gasteiger partial charge in [0.15, 0.2) is 5.75 Å². The van der Waals surface area contributed by atoms with Crippen LogP contribution in [0.1, 0.15) is 39.0 Å². The summed E-state index contributed by atoms with van der Waals surface area (Å²) in [6, 6.07) is 8.19. The van der Waals surface area contributed by atoms with Crippen molar-refractivity contribution in [3.8, 4) is 5.75 Å². The van der Waals surface area contributed by atoms with Gasteiger partial charge < -0.3 is 4.74 Å². The van der Waals surface area contributed by atoms with Gasteiger partial charge in [0.2, 0.25) is 0 Å². The van der Waals surface area contributed by atoms with Crippen LogP contribution < -0.4 is 9.61 Å². The van der Waals surface area contributed by atoms with Gasteiger partial charge in [-0.1, -0.05) is 29.7 Å². The summed E-state index contributed by atoms with van der Waals surface area (Å²) < 4.78 is 22.5. The smallest absolute Gasteiger partial charge is 0.461 e. The van der Waals surface area contributed by atoms with Gasteiger partial charge in [-0.3, -0.25) is 4.79 Å². The van der Waals surface area contributed by atoms with Gasteiger partial charge in [0.1, 0.15) is 12.1 Å². The van der Waals surface area contributed by atoms with E-state index in [-0.39, 0.29) is 12.1 Å². The molecule has 1 aliphatic rings. The number of esters is 1. The highest BCUT2D eigenvalue weighted by atomic mass is 31.1. The Bertz CT molecular complexity index is 474. The Balaban J connectivity index is 1.75. The average molecular weight is 310 g/mol. The lowest BCUT2D eigenvalue weighted by Gasteiger charge is -2.22. The molecule has 0 radical (unpaired) electrons. The van der Waals surface area contributed by atoms with Gasteiger partial charge in [0, 0.05) is 4.57 Å². The van der Waals surface area contributed by atoms with Gasteiger partial charge in [-0.15, -0.1) is 0 Å². The third-order valence-corrected chi connectivity index (χ3v) is 4.39. The van der Waals surface area contributed by atoms with Crippen molar-refractivity contribution in [2.75, 3.05) is 0 Å². The molecule has 0 spiro atoms. The SMILES string of the molecule is CC(N[P+](=O)Oc1ccccc1)C(=O)OC1CCCCC1. The summed E-state index contributed by atoms with van der Waals surface area (Å²) in [6.45, 7) is 1.63. The van der Waals surface area contributed by atoms with Crippen LogP contribution in [0.2, 0.25) is 0 Å². The molecule has 2 rings (SSSR count). The second-order valence-corrected chi connectivity index (χ2v) is 6.16. The Morgan fingerprint density at radius 2 is 1.90 bits per heavy atom. The van der Waals surface area contributed by atoms with E-state index in [0.29, 0.717) is 5.75 Å². The van der Waals surface area contributed by atoms with Crippen molar-refractivity contribution in [2.24, 2.45) is 0 Å². The Labute approximate surface area is 125 Å². The highest BCUT2D eigenvalue weighted by Crippen LogP contribution is 2.24. The monoisotopic (exact) mass is 310 g/mol. The van der Waals surface area contributed by atoms with Crippen LogP contribution in [0.3, 0.4) is 0 Å². The Morgan fingerprint density at radius 1 is 1.24 bits per heavy atom. The van der Waals surface area contributed by atoms with Crippen LogP contribution >= 0.6 is 8.18 Å². The molecule has 1 aromatic rings. The lowest BCUT2D eigenvalue weighted by atomic mass is 9.98. The molecular formula is C15H21NO4P+. The van der Waals surface area contributed by atoms with E-state index < -0.39 is 14.2 Å². The molecule has 1 saturated carbocycles. The maximum absolute atomic E-state index is 11.9. The predicted octanol–water partition coefficient (Wildman–Crippen LogP) is 3.58. The molecule has 0 bridgehead atoms. The van der Waals surface area contributed by atoms with Gasteiger partial charge in [-0.2, -0.15) is 0 Å². The van der Waals surface area contributed by atoms with Crippen molar-refractivity contribution in [3.05, 3.63) is 30.3 Å². The lowest BCUT2D eigenvalue weighted by Crippen LogP contribution is -2.34. The van der Waals surface area contributed by atoms with Crippen LogP contribution in [0, 0.1) is 0 Å². The van der Waals surface area contributed by atoms with Gasteiger partial charge in [0.25, 0.3) is 0 Å². The molecule has 1 aromatic carbocycles. The van der Waals surface area contributed by atoms with Crippen LogP contribution in [0.5, 0.6) is 5.75 Å². The summed E-state index contributed by atoms with van der Waals surface area (Å²) in [7, 11) is -2.15. The zero-order chi connectivity index (χ0) is 15.1. The standard InChI is InChI=1S/C15H21NO4P/c1-12(15(17)19-13-8-4-2-5-9-13)16-21(18)20-14-10-6-3-7-11-14/h3,6-7,10-13H,2,4-5,8-9H2,1H3,(H,16,18)/q+1. The normalized spacial score (nSPS) is 17.9. The zero-order valence-electron chi connectivity index (χ0n) is 12.2. The maximum Gasteiger partial charge on any atom is 0.664 e. The molecule has 5 nitrogen and oxygen atoms in total. The largest absolute Gasteiger partial charge is 0.664 e. The Hall–Kier alpha value is -1.45. The van der Waals surface area contributed by atoms with Crippen LogP contribution in [0.4, 0.5) is 0 Å². The van der Waals surface area contributed by atoms with E-state index in [9.17, 15) is 9.36 Å². The molecule has 1 aliphatic carbocycles. The summed E-state index contributed by atoms with van der Waals surface area (Å²) in [5, 5.41) is 2.63. The molecule has 6 heteroatoms. The highest BCUT2D eigenvalue weighted by Gasteiger charge is 2.30. The molecule has 0 amide bonds. The van der Waals surface area contributed by atoms with Crippen molar-refractivity contribution in [2.45, 2.75) is 51.2 Å². The van der Waals surface area contributed by atoms with E-state index in [0.717, 1.165) is 25.7 Å². The molecule has 1 N–H and O–H groups in total. The van der Waals surface area contributed by atoms with Crippen LogP contribution in [0.15, 0.2) is 30.3 Å². The van der Waals surface area contributed by atoms with Gasteiger partial charge >= 0.3 is 14.1 Å². The predicted molar refractivity (Wildman–Crippen MR) is 80.2 cm³/mol. The maximum atomic E-state index is 11.9. The Morgan fingerprint density at radius 3 is 2.57 bits per heavy atom. The van der Waals surface area contributed by atoms with Crippen LogP contribution in [0.25, 0.3) is 0 Å². The zero-order valence-corrected chi connectivity index (χ0v) is 13.1. The molecule has 2 atom stereocenters. The third kappa shape index (κ3) is 5.44. The molecule has 1 fully saturated rings. The van der Waals surface area contributed by atoms with Crippen molar-refractivity contribution in [3.63, 3.8) is 0 Å². The summed E-state index contributed by atoms with van der Waals surface area (Å²) in [5.41, 5.74) is 0. The van der Waals surface area contributed by atoms with E-state index in [1.54, 1.807) is 31.2 Å². The number of rotatable bonds is 6. The van der Waals surface area contributed by atoms with Crippen molar-refractivity contribution in [1.82, 2.24) is 5.09 Å². The number of para-hydroxylation sites is 1. The second-order valence-electron chi connectivity index (χ2n) is 5.21. The van der Waals surface area contributed by atoms with Gasteiger partial charge in [0.05, 0.1) is 0 Å². The number of hydrogen-bond donors (Lipinski definition) is 1. The number of carbonyl (C=O) groups excluding carboxylic acids is 1. The number of hydrogen-bond acceptors (Lipinski definition) is 4. The molecule has 0 aromatic heterocycles. The fraction of sp³-hybridized carbons (Fsp3) is 0.533. The summed E-state index contributed by atoms with van der Waals surface area (Å²) >= 11 is 0. The van der Waals surface area contributed by atoms with Crippen molar-refractivity contribution < 1.29 is 18.6 Å². The molecule has 114 valence electrons. The van der Waals surface area contributed by atoms with E-state index in [1.807, 2.05) is 6.07 Å². The van der Waals surface area contributed by atoms with Gasteiger partial charge in [-0.05, 0) is 44.7 Å². The van der Waals surface area contributed by atoms with E-state index >= 15 is 0 Å². The first-order valence-electron chi connectivity index (χ1n) is 7.32. The number of benzene rings is 1. The minimum Gasteiger partial charge on any atom is -0.461 e. The third-order valence-electron chi connectivity index (χ3n) is 3.42. The van der Waals surface area contributed by atoms with Gasteiger partial charge in [-0.25, -0.2) is 4.52 Å². The first kappa shape index (κ1) is 15.9. The van der Waals surface area contributed by atoms with E-state index in [2.05, 4.69) is 5.09 Å². The molecule has 0 heterocycles. The first-order chi connectivity index (χ1) is 10.1. The number of nitrogens with one attached hydrogen (secondary N) is 1. The molecular weight excluding hydrogens is 289 g/mol. The fourth-order valence-corrected chi connectivity index (χ4v) is 3.05. The summed E-state index contributed by atoms with van der Waals surface area (Å²) in [6.07, 6.45) is 5.26. The summed E-state index contributed by atoms with van der Waals surface area (Å²) in [4.78, 5) is 11.9. The molecule has 21 heavy (non-hydrogen) atoms. The first-order valence-corrected chi connectivity index (χ1v) is 8.50. The van der Waals surface area contributed by atoms with Crippen LogP contribution in [-0.4, -0.2) is 18.1 Å².